The van der Waals surface area contributed by atoms with Crippen LogP contribution < -0.4 is 0 Å². The van der Waals surface area contributed by atoms with Crippen molar-refractivity contribution in [1.82, 2.24) is 0 Å². The summed E-state index contributed by atoms with van der Waals surface area (Å²) < 4.78 is 0. The second-order valence-electron chi connectivity index (χ2n) is 4.87. The number of aryl methyl sites for hydroxylation is 1. The Morgan fingerprint density at radius 2 is 1.79 bits per heavy atom. The van der Waals surface area contributed by atoms with Gasteiger partial charge in [0.1, 0.15) is 0 Å². The lowest BCUT2D eigenvalue weighted by Crippen LogP contribution is -2.11. The van der Waals surface area contributed by atoms with E-state index in [-0.39, 0.29) is 15.9 Å². The van der Waals surface area contributed by atoms with Crippen LogP contribution in [0.2, 0.25) is 0 Å². The first-order valence-corrected chi connectivity index (χ1v) is 6.69. The Kier molecular flexibility index (Phi) is 3.20. The van der Waals surface area contributed by atoms with Gasteiger partial charge in [-0.25, -0.2) is 0 Å². The lowest BCUT2D eigenvalue weighted by Gasteiger charge is -2.21. The Morgan fingerprint density at radius 3 is 2.21 bits per heavy atom. The van der Waals surface area contributed by atoms with Gasteiger partial charge in [-0.15, -0.1) is 0 Å². The van der Waals surface area contributed by atoms with Gasteiger partial charge >= 0.3 is 0 Å². The first-order valence-electron chi connectivity index (χ1n) is 4.89. The first kappa shape index (κ1) is 11.5. The van der Waals surface area contributed by atoms with E-state index in [1.165, 1.54) is 16.0 Å². The fourth-order valence-corrected chi connectivity index (χ4v) is 2.39. The smallest absolute Gasteiger partial charge is 0.00408 e. The van der Waals surface area contributed by atoms with Crippen LogP contribution in [0.5, 0.6) is 0 Å². The molecule has 1 aromatic rings. The highest BCUT2D eigenvalue weighted by atomic mass is 32.2. The van der Waals surface area contributed by atoms with Crippen molar-refractivity contribution in [3.05, 3.63) is 29.3 Å². The fourth-order valence-electron chi connectivity index (χ4n) is 1.44. The van der Waals surface area contributed by atoms with Crippen LogP contribution in [0.1, 0.15) is 31.9 Å². The van der Waals surface area contributed by atoms with Gasteiger partial charge in [0.05, 0.1) is 0 Å². The molecule has 0 aromatic heterocycles. The summed E-state index contributed by atoms with van der Waals surface area (Å²) in [5, 5.41) is 0. The van der Waals surface area contributed by atoms with Gasteiger partial charge in [-0.05, 0) is 35.8 Å². The van der Waals surface area contributed by atoms with E-state index in [2.05, 4.69) is 58.0 Å². The van der Waals surface area contributed by atoms with Gasteiger partial charge in [0, 0.05) is 4.90 Å². The summed E-state index contributed by atoms with van der Waals surface area (Å²) >= 11 is 0. The van der Waals surface area contributed by atoms with E-state index in [4.69, 9.17) is 0 Å². The fraction of sp³-hybridized carbons (Fsp3) is 0.462. The van der Waals surface area contributed by atoms with Crippen LogP contribution in [0, 0.1) is 6.92 Å². The average molecular weight is 208 g/mol. The predicted octanol–water partition coefficient (Wildman–Crippen LogP) is 3.98. The average Bonchev–Trinajstić information content (AvgIpc) is 2.02. The van der Waals surface area contributed by atoms with Crippen molar-refractivity contribution in [1.29, 1.82) is 0 Å². The van der Waals surface area contributed by atoms with Gasteiger partial charge in [-0.1, -0.05) is 38.8 Å². The van der Waals surface area contributed by atoms with Gasteiger partial charge in [0.15, 0.2) is 0 Å². The molecule has 0 fully saturated rings. The Hall–Kier alpha value is -0.560. The summed E-state index contributed by atoms with van der Waals surface area (Å²) in [6.07, 6.45) is 2.18. The van der Waals surface area contributed by atoms with Crippen LogP contribution >= 0.6 is 10.5 Å². The van der Waals surface area contributed by atoms with Gasteiger partial charge in [-0.2, -0.15) is 10.5 Å². The zero-order valence-electron chi connectivity index (χ0n) is 9.85. The van der Waals surface area contributed by atoms with Crippen molar-refractivity contribution >= 4 is 16.4 Å². The molecule has 0 nitrogen and oxygen atoms in total. The molecule has 0 bridgehead atoms. The van der Waals surface area contributed by atoms with Crippen LogP contribution in [0.15, 0.2) is 23.1 Å². The summed E-state index contributed by atoms with van der Waals surface area (Å²) in [4.78, 5) is 1.40. The molecule has 0 heterocycles. The van der Waals surface area contributed by atoms with E-state index in [0.29, 0.717) is 0 Å². The Balaban J connectivity index is 3.27. The molecule has 0 amide bonds. The molecule has 0 saturated heterocycles. The summed E-state index contributed by atoms with van der Waals surface area (Å²) in [5.41, 5.74) is 3.00. The second-order valence-corrected chi connectivity index (χ2v) is 6.58. The van der Waals surface area contributed by atoms with E-state index in [1.807, 2.05) is 0 Å². The summed E-state index contributed by atoms with van der Waals surface area (Å²) in [6, 6.07) is 6.75. The van der Waals surface area contributed by atoms with Crippen LogP contribution in [-0.2, 0) is 5.41 Å². The van der Waals surface area contributed by atoms with Gasteiger partial charge in [0.2, 0.25) is 0 Å². The van der Waals surface area contributed by atoms with Crippen LogP contribution in [0.4, 0.5) is 0 Å². The third-order valence-corrected chi connectivity index (χ3v) is 3.62. The van der Waals surface area contributed by atoms with Gasteiger partial charge in [0.25, 0.3) is 0 Å². The second kappa shape index (κ2) is 3.90. The molecule has 1 heteroatoms. The Morgan fingerprint density at radius 1 is 1.21 bits per heavy atom. The maximum Gasteiger partial charge on any atom is 0.00408 e. The quantitative estimate of drug-likeness (QED) is 0.612. The van der Waals surface area contributed by atoms with Crippen LogP contribution in [0.3, 0.4) is 0 Å². The zero-order valence-corrected chi connectivity index (χ0v) is 10.7. The third-order valence-electron chi connectivity index (χ3n) is 2.43. The van der Waals surface area contributed by atoms with Gasteiger partial charge in [-0.3, -0.25) is 0 Å². The predicted molar refractivity (Wildman–Crippen MR) is 68.8 cm³/mol. The highest BCUT2D eigenvalue weighted by Crippen LogP contribution is 2.30. The minimum atomic E-state index is 0.114. The van der Waals surface area contributed by atoms with Crippen molar-refractivity contribution in [3.8, 4) is 0 Å². The largest absolute Gasteiger partial charge is 0.165 e. The lowest BCUT2D eigenvalue weighted by atomic mass is 9.87. The number of hydrogen-bond donors (Lipinski definition) is 0. The normalized spacial score (nSPS) is 14.1. The molecule has 1 rings (SSSR count). The maximum absolute atomic E-state index is 4.12. The Labute approximate surface area is 90.3 Å². The molecule has 0 aliphatic heterocycles. The molecular weight excluding hydrogens is 188 g/mol. The van der Waals surface area contributed by atoms with Crippen molar-refractivity contribution < 1.29 is 0 Å². The van der Waals surface area contributed by atoms with E-state index < -0.39 is 0 Å². The molecule has 0 radical (unpaired) electrons. The highest BCUT2D eigenvalue weighted by Gasteiger charge is 2.14. The van der Waals surface area contributed by atoms with Crippen molar-refractivity contribution in [2.24, 2.45) is 0 Å². The zero-order chi connectivity index (χ0) is 10.9. The minimum Gasteiger partial charge on any atom is -0.165 e. The van der Waals surface area contributed by atoms with Gasteiger partial charge < -0.3 is 0 Å². The summed E-state index contributed by atoms with van der Waals surface area (Å²) in [5.74, 6) is 4.12. The molecule has 0 saturated carbocycles. The van der Waals surface area contributed by atoms with E-state index in [0.717, 1.165) is 0 Å². The van der Waals surface area contributed by atoms with E-state index in [1.54, 1.807) is 0 Å². The summed E-state index contributed by atoms with van der Waals surface area (Å²) in [6.45, 7) is 8.91. The highest BCUT2D eigenvalue weighted by molar-refractivity contribution is 8.13. The van der Waals surface area contributed by atoms with Crippen molar-refractivity contribution in [2.45, 2.75) is 38.0 Å². The molecule has 1 aromatic carbocycles. The molecule has 1 unspecified atom stereocenters. The molecule has 78 valence electrons. The monoisotopic (exact) mass is 208 g/mol. The standard InChI is InChI=1S/C13H20S/c1-10-7-8-11(13(2,3)4)9-12(10)14(5)6/h7-9H,5H2,1-4,6H3. The number of rotatable bonds is 1. The van der Waals surface area contributed by atoms with E-state index >= 15 is 0 Å². The Bertz CT molecular complexity index is 356. The minimum absolute atomic E-state index is 0.114. The number of benzene rings is 1. The molecule has 0 N–H and O–H groups in total. The molecular formula is C13H20S. The van der Waals surface area contributed by atoms with Crippen molar-refractivity contribution in [2.75, 3.05) is 6.26 Å². The van der Waals surface area contributed by atoms with Crippen molar-refractivity contribution in [3.63, 3.8) is 0 Å². The SMILES string of the molecule is C=S(C)c1cc(C(C)(C)C)ccc1C. The molecule has 1 atom stereocenters. The van der Waals surface area contributed by atoms with Crippen LogP contribution in [0.25, 0.3) is 0 Å². The molecule has 14 heavy (non-hydrogen) atoms. The molecule has 0 aliphatic carbocycles. The summed E-state index contributed by atoms with van der Waals surface area (Å²) in [7, 11) is 0.114. The number of hydrogen-bond acceptors (Lipinski definition) is 0. The maximum atomic E-state index is 4.12. The molecule has 0 spiro atoms. The van der Waals surface area contributed by atoms with Crippen LogP contribution in [-0.4, -0.2) is 12.1 Å². The molecule has 0 aliphatic rings. The first-order chi connectivity index (χ1) is 6.32. The van der Waals surface area contributed by atoms with E-state index in [9.17, 15) is 0 Å². The topological polar surface area (TPSA) is 0 Å². The lowest BCUT2D eigenvalue weighted by molar-refractivity contribution is 0.588. The third kappa shape index (κ3) is 2.48.